The van der Waals surface area contributed by atoms with Gasteiger partial charge in [0.15, 0.2) is 0 Å². The smallest absolute Gasteiger partial charge is 0.258 e. The number of guanidine groups is 1. The molecule has 3 rings (SSSR count). The van der Waals surface area contributed by atoms with Crippen molar-refractivity contribution in [2.24, 2.45) is 4.99 Å². The minimum Gasteiger partial charge on any atom is -0.326 e. The number of benzene rings is 2. The second-order valence-electron chi connectivity index (χ2n) is 5.62. The van der Waals surface area contributed by atoms with Crippen LogP contribution in [0.4, 0.5) is 14.5 Å². The van der Waals surface area contributed by atoms with Crippen LogP contribution in [-0.2, 0) is 6.54 Å². The third kappa shape index (κ3) is 5.43. The number of hydrogen-bond acceptors (Lipinski definition) is 3. The van der Waals surface area contributed by atoms with Crippen molar-refractivity contribution in [2.45, 2.75) is 6.54 Å². The van der Waals surface area contributed by atoms with Crippen molar-refractivity contribution in [3.05, 3.63) is 95.8 Å². The van der Waals surface area contributed by atoms with Crippen LogP contribution >= 0.6 is 0 Å². The number of aliphatic imine (C=N–C) groups is 1. The highest BCUT2D eigenvalue weighted by Gasteiger charge is 2.10. The first-order chi connectivity index (χ1) is 13.1. The number of aromatic nitrogens is 1. The Hall–Kier alpha value is -3.61. The van der Waals surface area contributed by atoms with E-state index in [0.717, 1.165) is 11.6 Å². The average Bonchev–Trinajstić information content (AvgIpc) is 2.68. The molecule has 5 nitrogen and oxygen atoms in total. The Morgan fingerprint density at radius 1 is 0.963 bits per heavy atom. The van der Waals surface area contributed by atoms with Crippen molar-refractivity contribution in [1.82, 2.24) is 10.3 Å². The number of anilines is 1. The van der Waals surface area contributed by atoms with Gasteiger partial charge in [0.1, 0.15) is 11.6 Å². The van der Waals surface area contributed by atoms with Gasteiger partial charge in [-0.3, -0.25) is 15.1 Å². The van der Waals surface area contributed by atoms with E-state index >= 15 is 0 Å². The van der Waals surface area contributed by atoms with Crippen molar-refractivity contribution < 1.29 is 13.6 Å². The normalized spacial score (nSPS) is 11.1. The van der Waals surface area contributed by atoms with Crippen LogP contribution in [0.3, 0.4) is 0 Å². The van der Waals surface area contributed by atoms with Gasteiger partial charge in [0, 0.05) is 23.6 Å². The van der Waals surface area contributed by atoms with Gasteiger partial charge in [-0.15, -0.1) is 0 Å². The maximum atomic E-state index is 13.4. The molecule has 0 bridgehead atoms. The lowest BCUT2D eigenvalue weighted by Crippen LogP contribution is -2.36. The van der Waals surface area contributed by atoms with Gasteiger partial charge in [-0.05, 0) is 60.2 Å². The molecular formula is C20H16F2N4O. The highest BCUT2D eigenvalue weighted by Crippen LogP contribution is 2.09. The maximum absolute atomic E-state index is 13.4. The Bertz CT molecular complexity index is 944. The molecular weight excluding hydrogens is 350 g/mol. The lowest BCUT2D eigenvalue weighted by Gasteiger charge is -2.12. The number of halogens is 2. The molecule has 0 aliphatic rings. The summed E-state index contributed by atoms with van der Waals surface area (Å²) in [5.41, 5.74) is 1.60. The summed E-state index contributed by atoms with van der Waals surface area (Å²) in [5.74, 6) is -1.24. The zero-order valence-electron chi connectivity index (χ0n) is 14.2. The zero-order valence-corrected chi connectivity index (χ0v) is 14.2. The van der Waals surface area contributed by atoms with Gasteiger partial charge >= 0.3 is 0 Å². The number of pyridine rings is 1. The van der Waals surface area contributed by atoms with Crippen LogP contribution in [0, 0.1) is 11.6 Å². The maximum Gasteiger partial charge on any atom is 0.258 e. The summed E-state index contributed by atoms with van der Waals surface area (Å²) >= 11 is 0. The molecule has 3 aromatic rings. The molecule has 0 saturated heterocycles. The second-order valence-corrected chi connectivity index (χ2v) is 5.62. The molecule has 2 aromatic carbocycles. The van der Waals surface area contributed by atoms with E-state index in [1.807, 2.05) is 0 Å². The number of rotatable bonds is 4. The SMILES string of the molecule is O=C(NC(=NCc1ccncc1)Nc1ccc(F)cc1)c1cccc(F)c1. The molecule has 0 radical (unpaired) electrons. The van der Waals surface area contributed by atoms with Crippen LogP contribution in [0.15, 0.2) is 78.0 Å². The second kappa shape index (κ2) is 8.66. The molecule has 0 fully saturated rings. The molecule has 0 saturated carbocycles. The predicted molar refractivity (Wildman–Crippen MR) is 99.3 cm³/mol. The van der Waals surface area contributed by atoms with Gasteiger partial charge in [-0.2, -0.15) is 0 Å². The van der Waals surface area contributed by atoms with Crippen molar-refractivity contribution >= 4 is 17.6 Å². The van der Waals surface area contributed by atoms with Crippen LogP contribution in [0.1, 0.15) is 15.9 Å². The molecule has 27 heavy (non-hydrogen) atoms. The number of carbonyl (C=O) groups excluding carboxylic acids is 1. The van der Waals surface area contributed by atoms with E-state index in [-0.39, 0.29) is 23.9 Å². The molecule has 0 aliphatic heterocycles. The fourth-order valence-electron chi connectivity index (χ4n) is 2.25. The Labute approximate surface area is 154 Å². The Morgan fingerprint density at radius 3 is 2.41 bits per heavy atom. The van der Waals surface area contributed by atoms with E-state index in [2.05, 4.69) is 20.6 Å². The molecule has 2 N–H and O–H groups in total. The molecule has 0 spiro atoms. The summed E-state index contributed by atoms with van der Waals surface area (Å²) in [6, 6.07) is 14.6. The highest BCUT2D eigenvalue weighted by molar-refractivity contribution is 6.09. The van der Waals surface area contributed by atoms with Gasteiger partial charge in [0.05, 0.1) is 6.54 Å². The molecule has 0 atom stereocenters. The summed E-state index contributed by atoms with van der Waals surface area (Å²) in [5, 5.41) is 5.55. The first kappa shape index (κ1) is 18.2. The number of nitrogens with zero attached hydrogens (tertiary/aromatic N) is 2. The van der Waals surface area contributed by atoms with Crippen LogP contribution in [0.2, 0.25) is 0 Å². The number of amides is 1. The summed E-state index contributed by atoms with van der Waals surface area (Å²) < 4.78 is 26.4. The fourth-order valence-corrected chi connectivity index (χ4v) is 2.25. The van der Waals surface area contributed by atoms with Crippen LogP contribution < -0.4 is 10.6 Å². The highest BCUT2D eigenvalue weighted by atomic mass is 19.1. The summed E-state index contributed by atoms with van der Waals surface area (Å²) in [7, 11) is 0. The van der Waals surface area contributed by atoms with Gasteiger partial charge < -0.3 is 5.32 Å². The molecule has 1 aromatic heterocycles. The van der Waals surface area contributed by atoms with Gasteiger partial charge in [0.2, 0.25) is 5.96 Å². The third-order valence-electron chi connectivity index (χ3n) is 3.59. The van der Waals surface area contributed by atoms with E-state index in [1.54, 1.807) is 24.5 Å². The first-order valence-electron chi connectivity index (χ1n) is 8.13. The fraction of sp³-hybridized carbons (Fsp3) is 0.0500. The first-order valence-corrected chi connectivity index (χ1v) is 8.13. The minimum absolute atomic E-state index is 0.160. The average molecular weight is 366 g/mol. The van der Waals surface area contributed by atoms with Gasteiger partial charge in [0.25, 0.3) is 5.91 Å². The number of hydrogen-bond donors (Lipinski definition) is 2. The summed E-state index contributed by atoms with van der Waals surface area (Å²) in [6.45, 7) is 0.287. The van der Waals surface area contributed by atoms with Crippen molar-refractivity contribution in [3.8, 4) is 0 Å². The third-order valence-corrected chi connectivity index (χ3v) is 3.59. The monoisotopic (exact) mass is 366 g/mol. The largest absolute Gasteiger partial charge is 0.326 e. The quantitative estimate of drug-likeness (QED) is 0.546. The van der Waals surface area contributed by atoms with Crippen LogP contribution in [0.5, 0.6) is 0 Å². The van der Waals surface area contributed by atoms with Crippen molar-refractivity contribution in [1.29, 1.82) is 0 Å². The van der Waals surface area contributed by atoms with E-state index < -0.39 is 11.7 Å². The number of carbonyl (C=O) groups is 1. The zero-order chi connectivity index (χ0) is 19.1. The predicted octanol–water partition coefficient (Wildman–Crippen LogP) is 3.76. The van der Waals surface area contributed by atoms with E-state index in [4.69, 9.17) is 0 Å². The Kier molecular flexibility index (Phi) is 5.84. The van der Waals surface area contributed by atoms with Crippen molar-refractivity contribution in [2.75, 3.05) is 5.32 Å². The van der Waals surface area contributed by atoms with Crippen LogP contribution in [0.25, 0.3) is 0 Å². The molecule has 1 heterocycles. The Balaban J connectivity index is 1.79. The lowest BCUT2D eigenvalue weighted by molar-refractivity contribution is 0.0976. The molecule has 7 heteroatoms. The summed E-state index contributed by atoms with van der Waals surface area (Å²) in [6.07, 6.45) is 3.28. The van der Waals surface area contributed by atoms with E-state index in [1.165, 1.54) is 42.5 Å². The lowest BCUT2D eigenvalue weighted by atomic mass is 10.2. The topological polar surface area (TPSA) is 66.4 Å². The Morgan fingerprint density at radius 2 is 1.70 bits per heavy atom. The minimum atomic E-state index is -0.516. The van der Waals surface area contributed by atoms with Crippen molar-refractivity contribution in [3.63, 3.8) is 0 Å². The van der Waals surface area contributed by atoms with Gasteiger partial charge in [-0.1, -0.05) is 6.07 Å². The molecule has 1 amide bonds. The molecule has 0 aliphatic carbocycles. The summed E-state index contributed by atoms with van der Waals surface area (Å²) in [4.78, 5) is 20.7. The van der Waals surface area contributed by atoms with Gasteiger partial charge in [-0.25, -0.2) is 13.8 Å². The number of nitrogens with one attached hydrogen (secondary N) is 2. The van der Waals surface area contributed by atoms with E-state index in [0.29, 0.717) is 5.69 Å². The molecule has 0 unspecified atom stereocenters. The van der Waals surface area contributed by atoms with Crippen LogP contribution in [-0.4, -0.2) is 16.9 Å². The molecule has 136 valence electrons. The van der Waals surface area contributed by atoms with E-state index in [9.17, 15) is 13.6 Å². The standard InChI is InChI=1S/C20H16F2N4O/c21-16-4-6-18(7-5-16)25-20(24-13-14-8-10-23-11-9-14)26-19(27)15-2-1-3-17(22)12-15/h1-12H,13H2,(H2,24,25,26,27).